The molecule has 0 aliphatic carbocycles. The van der Waals surface area contributed by atoms with E-state index in [1.807, 2.05) is 0 Å². The van der Waals surface area contributed by atoms with Crippen LogP contribution in [-0.2, 0) is 5.92 Å². The molecular formula is C11H14F2O. The molecule has 0 aliphatic heterocycles. The largest absolute Gasteiger partial charge is 0.496 e. The quantitative estimate of drug-likeness (QED) is 0.710. The maximum absolute atomic E-state index is 13.0. The van der Waals surface area contributed by atoms with Crippen LogP contribution in [0.3, 0.4) is 0 Å². The lowest BCUT2D eigenvalue weighted by molar-refractivity contribution is 0.0173. The van der Waals surface area contributed by atoms with Crippen LogP contribution in [0.1, 0.15) is 23.6 Å². The average Bonchev–Trinajstić information content (AvgIpc) is 2.01. The second-order valence-corrected chi connectivity index (χ2v) is 3.53. The molecule has 1 rings (SSSR count). The molecule has 0 aromatic heterocycles. The third kappa shape index (κ3) is 2.03. The molecule has 0 N–H and O–H groups in total. The van der Waals surface area contributed by atoms with Crippen LogP contribution < -0.4 is 4.74 Å². The van der Waals surface area contributed by atoms with E-state index in [2.05, 4.69) is 0 Å². The minimum atomic E-state index is -2.79. The Balaban J connectivity index is 3.28. The highest BCUT2D eigenvalue weighted by atomic mass is 19.3. The zero-order valence-electron chi connectivity index (χ0n) is 8.82. The Kier molecular flexibility index (Phi) is 2.79. The van der Waals surface area contributed by atoms with E-state index in [0.29, 0.717) is 5.75 Å². The molecule has 0 aliphatic rings. The number of ether oxygens (including phenoxy) is 1. The first-order chi connectivity index (χ1) is 6.36. The molecule has 0 fully saturated rings. The van der Waals surface area contributed by atoms with Gasteiger partial charge in [0.1, 0.15) is 5.75 Å². The van der Waals surface area contributed by atoms with E-state index in [-0.39, 0.29) is 5.56 Å². The van der Waals surface area contributed by atoms with Gasteiger partial charge in [-0.25, -0.2) is 8.78 Å². The average molecular weight is 200 g/mol. The number of benzene rings is 1. The first-order valence-electron chi connectivity index (χ1n) is 4.40. The van der Waals surface area contributed by atoms with E-state index in [9.17, 15) is 8.78 Å². The number of aryl methyl sites for hydroxylation is 2. The van der Waals surface area contributed by atoms with E-state index in [1.165, 1.54) is 12.1 Å². The van der Waals surface area contributed by atoms with Gasteiger partial charge in [0.2, 0.25) is 0 Å². The fraction of sp³-hybridized carbons (Fsp3) is 0.455. The van der Waals surface area contributed by atoms with Gasteiger partial charge in [0.25, 0.3) is 5.92 Å². The maximum atomic E-state index is 13.0. The Morgan fingerprint density at radius 2 is 1.57 bits per heavy atom. The van der Waals surface area contributed by atoms with Crippen molar-refractivity contribution in [2.45, 2.75) is 26.7 Å². The van der Waals surface area contributed by atoms with Crippen molar-refractivity contribution in [2.75, 3.05) is 7.11 Å². The molecule has 1 nitrogen and oxygen atoms in total. The second-order valence-electron chi connectivity index (χ2n) is 3.53. The number of rotatable bonds is 2. The highest BCUT2D eigenvalue weighted by Gasteiger charge is 2.25. The van der Waals surface area contributed by atoms with E-state index in [4.69, 9.17) is 4.74 Å². The molecule has 0 saturated carbocycles. The Labute approximate surface area is 82.7 Å². The van der Waals surface area contributed by atoms with Gasteiger partial charge in [-0.15, -0.1) is 0 Å². The number of alkyl halides is 2. The zero-order valence-corrected chi connectivity index (χ0v) is 8.82. The molecule has 3 heteroatoms. The lowest BCUT2D eigenvalue weighted by Gasteiger charge is -2.15. The van der Waals surface area contributed by atoms with Crippen molar-refractivity contribution in [2.24, 2.45) is 0 Å². The van der Waals surface area contributed by atoms with E-state index in [1.54, 1.807) is 21.0 Å². The summed E-state index contributed by atoms with van der Waals surface area (Å²) >= 11 is 0. The molecular weight excluding hydrogens is 186 g/mol. The normalized spacial score (nSPS) is 11.6. The van der Waals surface area contributed by atoms with Gasteiger partial charge in [0, 0.05) is 12.5 Å². The van der Waals surface area contributed by atoms with Gasteiger partial charge in [0.15, 0.2) is 0 Å². The van der Waals surface area contributed by atoms with E-state index >= 15 is 0 Å². The summed E-state index contributed by atoms with van der Waals surface area (Å²) in [4.78, 5) is 0. The summed E-state index contributed by atoms with van der Waals surface area (Å²) in [6.45, 7) is 4.43. The van der Waals surface area contributed by atoms with Gasteiger partial charge in [-0.1, -0.05) is 0 Å². The zero-order chi connectivity index (χ0) is 10.9. The predicted molar refractivity (Wildman–Crippen MR) is 52.0 cm³/mol. The summed E-state index contributed by atoms with van der Waals surface area (Å²) in [6.07, 6.45) is 0. The van der Waals surface area contributed by atoms with Crippen molar-refractivity contribution in [3.8, 4) is 5.75 Å². The number of methoxy groups -OCH3 is 1. The van der Waals surface area contributed by atoms with Gasteiger partial charge in [-0.2, -0.15) is 0 Å². The molecule has 14 heavy (non-hydrogen) atoms. The van der Waals surface area contributed by atoms with Crippen LogP contribution in [0.15, 0.2) is 12.1 Å². The lowest BCUT2D eigenvalue weighted by atomic mass is 10.0. The van der Waals surface area contributed by atoms with Gasteiger partial charge < -0.3 is 4.74 Å². The first-order valence-corrected chi connectivity index (χ1v) is 4.40. The fourth-order valence-electron chi connectivity index (χ4n) is 1.53. The van der Waals surface area contributed by atoms with Crippen LogP contribution in [0.4, 0.5) is 8.78 Å². The molecule has 1 aromatic rings. The Morgan fingerprint density at radius 3 is 1.86 bits per heavy atom. The van der Waals surface area contributed by atoms with Crippen molar-refractivity contribution in [3.63, 3.8) is 0 Å². The third-order valence-corrected chi connectivity index (χ3v) is 2.17. The van der Waals surface area contributed by atoms with Crippen molar-refractivity contribution < 1.29 is 13.5 Å². The van der Waals surface area contributed by atoms with E-state index < -0.39 is 5.92 Å². The fourth-order valence-corrected chi connectivity index (χ4v) is 1.53. The number of halogens is 2. The Morgan fingerprint density at radius 1 is 1.14 bits per heavy atom. The third-order valence-electron chi connectivity index (χ3n) is 2.17. The summed E-state index contributed by atoms with van der Waals surface area (Å²) in [5.41, 5.74) is 1.52. The SMILES string of the molecule is COc1c(C)cc(C(C)(F)F)cc1C. The van der Waals surface area contributed by atoms with Crippen LogP contribution >= 0.6 is 0 Å². The highest BCUT2D eigenvalue weighted by Crippen LogP contribution is 2.32. The smallest absolute Gasteiger partial charge is 0.270 e. The Hall–Kier alpha value is -1.12. The molecule has 0 amide bonds. The van der Waals surface area contributed by atoms with Gasteiger partial charge in [-0.05, 0) is 37.1 Å². The topological polar surface area (TPSA) is 9.23 Å². The van der Waals surface area contributed by atoms with Crippen molar-refractivity contribution >= 4 is 0 Å². The summed E-state index contributed by atoms with van der Waals surface area (Å²) in [6, 6.07) is 2.93. The van der Waals surface area contributed by atoms with E-state index in [0.717, 1.165) is 18.1 Å². The molecule has 0 radical (unpaired) electrons. The molecule has 0 atom stereocenters. The molecule has 78 valence electrons. The first kappa shape index (κ1) is 11.0. The van der Waals surface area contributed by atoms with Gasteiger partial charge >= 0.3 is 0 Å². The summed E-state index contributed by atoms with van der Waals surface area (Å²) < 4.78 is 31.1. The predicted octanol–water partition coefficient (Wildman–Crippen LogP) is 3.42. The van der Waals surface area contributed by atoms with Crippen molar-refractivity contribution in [1.82, 2.24) is 0 Å². The minimum absolute atomic E-state index is 0.0355. The van der Waals surface area contributed by atoms with Crippen LogP contribution in [0.25, 0.3) is 0 Å². The van der Waals surface area contributed by atoms with Crippen LogP contribution in [0.5, 0.6) is 5.75 Å². The summed E-state index contributed by atoms with van der Waals surface area (Å²) in [5.74, 6) is -2.11. The summed E-state index contributed by atoms with van der Waals surface area (Å²) in [7, 11) is 1.54. The molecule has 0 bridgehead atoms. The number of hydrogen-bond donors (Lipinski definition) is 0. The molecule has 0 heterocycles. The summed E-state index contributed by atoms with van der Waals surface area (Å²) in [5, 5.41) is 0. The molecule has 0 unspecified atom stereocenters. The molecule has 0 saturated heterocycles. The lowest BCUT2D eigenvalue weighted by Crippen LogP contribution is -2.08. The standard InChI is InChI=1S/C11H14F2O/c1-7-5-9(11(3,12)13)6-8(2)10(7)14-4/h5-6H,1-4H3. The van der Waals surface area contributed by atoms with Crippen LogP contribution in [-0.4, -0.2) is 7.11 Å². The van der Waals surface area contributed by atoms with Crippen molar-refractivity contribution in [3.05, 3.63) is 28.8 Å². The van der Waals surface area contributed by atoms with Gasteiger partial charge in [-0.3, -0.25) is 0 Å². The highest BCUT2D eigenvalue weighted by molar-refractivity contribution is 5.44. The molecule has 1 aromatic carbocycles. The molecule has 0 spiro atoms. The van der Waals surface area contributed by atoms with Gasteiger partial charge in [0.05, 0.1) is 7.11 Å². The minimum Gasteiger partial charge on any atom is -0.496 e. The van der Waals surface area contributed by atoms with Crippen LogP contribution in [0, 0.1) is 13.8 Å². The van der Waals surface area contributed by atoms with Crippen molar-refractivity contribution in [1.29, 1.82) is 0 Å². The monoisotopic (exact) mass is 200 g/mol. The Bertz CT molecular complexity index is 317. The van der Waals surface area contributed by atoms with Crippen LogP contribution in [0.2, 0.25) is 0 Å². The second kappa shape index (κ2) is 3.56. The number of hydrogen-bond acceptors (Lipinski definition) is 1. The maximum Gasteiger partial charge on any atom is 0.270 e.